The van der Waals surface area contributed by atoms with E-state index in [-0.39, 0.29) is 29.0 Å². The van der Waals surface area contributed by atoms with E-state index in [9.17, 15) is 24.5 Å². The molecule has 1 rings (SSSR count). The number of methoxy groups -OCH3 is 1. The average Bonchev–Trinajstić information content (AvgIpc) is 2.63. The number of nitro benzene ring substituents is 1. The van der Waals surface area contributed by atoms with Gasteiger partial charge in [0.05, 0.1) is 12.0 Å². The van der Waals surface area contributed by atoms with Crippen LogP contribution in [-0.2, 0) is 14.3 Å². The maximum atomic E-state index is 12.0. The summed E-state index contributed by atoms with van der Waals surface area (Å²) in [5.74, 6) is -1.70. The number of carbonyl (C=O) groups is 3. The van der Waals surface area contributed by atoms with E-state index in [1.54, 1.807) is 0 Å². The lowest BCUT2D eigenvalue weighted by Crippen LogP contribution is -2.39. The van der Waals surface area contributed by atoms with Crippen molar-refractivity contribution in [3.8, 4) is 5.75 Å². The van der Waals surface area contributed by atoms with Gasteiger partial charge in [0.15, 0.2) is 12.4 Å². The Hall–Kier alpha value is -3.17. The third-order valence-corrected chi connectivity index (χ3v) is 3.78. The van der Waals surface area contributed by atoms with Crippen LogP contribution in [0, 0.1) is 16.0 Å². The highest BCUT2D eigenvalue weighted by molar-refractivity contribution is 5.96. The summed E-state index contributed by atoms with van der Waals surface area (Å²) in [7, 11) is 1.27. The Morgan fingerprint density at radius 1 is 1.22 bits per heavy atom. The molecule has 148 valence electrons. The van der Waals surface area contributed by atoms with E-state index in [0.29, 0.717) is 0 Å². The molecular formula is C17H23N3O7. The van der Waals surface area contributed by atoms with Crippen LogP contribution in [0.3, 0.4) is 0 Å². The van der Waals surface area contributed by atoms with E-state index in [2.05, 4.69) is 10.6 Å². The molecule has 0 aromatic heterocycles. The van der Waals surface area contributed by atoms with Crippen molar-refractivity contribution >= 4 is 23.5 Å². The monoisotopic (exact) mass is 381 g/mol. The van der Waals surface area contributed by atoms with Crippen molar-refractivity contribution in [2.24, 2.45) is 5.92 Å². The molecular weight excluding hydrogens is 358 g/mol. The molecule has 0 fully saturated rings. The van der Waals surface area contributed by atoms with Crippen molar-refractivity contribution < 1.29 is 28.8 Å². The summed E-state index contributed by atoms with van der Waals surface area (Å²) in [5.41, 5.74) is -0.387. The molecule has 0 heterocycles. The van der Waals surface area contributed by atoms with Crippen molar-refractivity contribution in [2.75, 3.05) is 20.3 Å². The molecule has 10 heteroatoms. The number of carbonyl (C=O) groups excluding carboxylic acids is 3. The fourth-order valence-electron chi connectivity index (χ4n) is 1.89. The molecule has 10 nitrogen and oxygen atoms in total. The largest absolute Gasteiger partial charge is 0.490 e. The highest BCUT2D eigenvalue weighted by Crippen LogP contribution is 2.27. The molecule has 0 radical (unpaired) electrons. The van der Waals surface area contributed by atoms with Crippen molar-refractivity contribution in [2.45, 2.75) is 26.8 Å². The minimum absolute atomic E-state index is 0.0117. The van der Waals surface area contributed by atoms with Crippen LogP contribution in [0.25, 0.3) is 0 Å². The van der Waals surface area contributed by atoms with Crippen LogP contribution < -0.4 is 15.4 Å². The number of amides is 2. The first-order valence-electron chi connectivity index (χ1n) is 8.21. The minimum Gasteiger partial charge on any atom is -0.490 e. The summed E-state index contributed by atoms with van der Waals surface area (Å²) in [5, 5.41) is 15.9. The van der Waals surface area contributed by atoms with E-state index < -0.39 is 35.9 Å². The summed E-state index contributed by atoms with van der Waals surface area (Å²) >= 11 is 0. The van der Waals surface area contributed by atoms with E-state index >= 15 is 0 Å². The van der Waals surface area contributed by atoms with Crippen LogP contribution in [-0.4, -0.2) is 49.0 Å². The third-order valence-electron chi connectivity index (χ3n) is 3.78. The van der Waals surface area contributed by atoms with Gasteiger partial charge in [-0.2, -0.15) is 0 Å². The van der Waals surface area contributed by atoms with Gasteiger partial charge in [-0.05, 0) is 25.0 Å². The van der Waals surface area contributed by atoms with Crippen molar-refractivity contribution in [3.63, 3.8) is 0 Å². The Morgan fingerprint density at radius 3 is 2.44 bits per heavy atom. The van der Waals surface area contributed by atoms with Crippen LogP contribution in [0.1, 0.15) is 31.1 Å². The zero-order valence-corrected chi connectivity index (χ0v) is 15.6. The summed E-state index contributed by atoms with van der Waals surface area (Å²) in [4.78, 5) is 45.6. The fraction of sp³-hybridized carbons (Fsp3) is 0.471. The lowest BCUT2D eigenvalue weighted by molar-refractivity contribution is -0.385. The number of esters is 1. The van der Waals surface area contributed by atoms with Crippen molar-refractivity contribution in [3.05, 3.63) is 33.9 Å². The molecule has 1 aromatic carbocycles. The van der Waals surface area contributed by atoms with Crippen molar-refractivity contribution in [1.82, 2.24) is 10.6 Å². The number of hydrogen-bond donors (Lipinski definition) is 2. The Kier molecular flexibility index (Phi) is 8.18. The van der Waals surface area contributed by atoms with Gasteiger partial charge in [0.2, 0.25) is 0 Å². The molecule has 2 N–H and O–H groups in total. The van der Waals surface area contributed by atoms with Crippen LogP contribution in [0.15, 0.2) is 18.2 Å². The lowest BCUT2D eigenvalue weighted by atomic mass is 10.1. The summed E-state index contributed by atoms with van der Waals surface area (Å²) in [6.07, 6.45) is 0. The van der Waals surface area contributed by atoms with Gasteiger partial charge >= 0.3 is 11.7 Å². The number of benzene rings is 1. The quantitative estimate of drug-likeness (QED) is 0.370. The molecule has 0 aliphatic heterocycles. The Morgan fingerprint density at radius 2 is 1.89 bits per heavy atom. The molecule has 0 aliphatic rings. The molecule has 1 aromatic rings. The van der Waals surface area contributed by atoms with Crippen LogP contribution in [0.2, 0.25) is 0 Å². The second kappa shape index (κ2) is 10.1. The van der Waals surface area contributed by atoms with Gasteiger partial charge < -0.3 is 20.1 Å². The van der Waals surface area contributed by atoms with Crippen LogP contribution >= 0.6 is 0 Å². The summed E-state index contributed by atoms with van der Waals surface area (Å²) < 4.78 is 9.63. The summed E-state index contributed by atoms with van der Waals surface area (Å²) in [6.45, 7) is 4.77. The Bertz CT molecular complexity index is 718. The maximum Gasteiger partial charge on any atom is 0.325 e. The zero-order valence-electron chi connectivity index (χ0n) is 15.6. The molecule has 0 unspecified atom stereocenters. The molecule has 1 atom stereocenters. The van der Waals surface area contributed by atoms with Gasteiger partial charge in [-0.3, -0.25) is 24.5 Å². The average molecular weight is 381 g/mol. The smallest absolute Gasteiger partial charge is 0.325 e. The number of ether oxygens (including phenoxy) is 2. The fourth-order valence-corrected chi connectivity index (χ4v) is 1.89. The molecule has 2 amide bonds. The second-order valence-corrected chi connectivity index (χ2v) is 6.09. The molecule has 0 spiro atoms. The summed E-state index contributed by atoms with van der Waals surface area (Å²) in [6, 6.07) is 3.58. The van der Waals surface area contributed by atoms with E-state index in [1.165, 1.54) is 19.2 Å². The molecule has 0 aliphatic carbocycles. The highest BCUT2D eigenvalue weighted by atomic mass is 16.6. The standard InChI is InChI=1S/C17H23N3O7/c1-10(2)11(3)19-15(21)9-27-16(22)8-18-17(23)12-5-6-14(26-4)13(7-12)20(24)25/h5-7,10-11H,8-9H2,1-4H3,(H,18,23)(H,19,21)/t11-/m1/s1. The number of rotatable bonds is 9. The zero-order chi connectivity index (χ0) is 20.6. The first kappa shape index (κ1) is 21.9. The molecule has 0 saturated heterocycles. The number of nitro groups is 1. The number of nitrogens with zero attached hydrogens (tertiary/aromatic N) is 1. The Labute approximate surface area is 156 Å². The topological polar surface area (TPSA) is 137 Å². The van der Waals surface area contributed by atoms with Crippen molar-refractivity contribution in [1.29, 1.82) is 0 Å². The van der Waals surface area contributed by atoms with Gasteiger partial charge in [0.1, 0.15) is 6.54 Å². The number of nitrogens with one attached hydrogen (secondary N) is 2. The van der Waals surface area contributed by atoms with Crippen LogP contribution in [0.4, 0.5) is 5.69 Å². The van der Waals surface area contributed by atoms with Gasteiger partial charge in [-0.1, -0.05) is 13.8 Å². The molecule has 0 bridgehead atoms. The van der Waals surface area contributed by atoms with Gasteiger partial charge in [0, 0.05) is 17.7 Å². The van der Waals surface area contributed by atoms with Crippen LogP contribution in [0.5, 0.6) is 5.75 Å². The lowest BCUT2D eigenvalue weighted by Gasteiger charge is -2.17. The SMILES string of the molecule is COc1ccc(C(=O)NCC(=O)OCC(=O)N[C@H](C)C(C)C)cc1[N+](=O)[O-]. The molecule has 0 saturated carbocycles. The maximum absolute atomic E-state index is 12.0. The van der Waals surface area contributed by atoms with Gasteiger partial charge in [0.25, 0.3) is 11.8 Å². The normalized spacial score (nSPS) is 11.4. The van der Waals surface area contributed by atoms with E-state index in [4.69, 9.17) is 9.47 Å². The first-order chi connectivity index (χ1) is 12.6. The molecule has 27 heavy (non-hydrogen) atoms. The highest BCUT2D eigenvalue weighted by Gasteiger charge is 2.19. The minimum atomic E-state index is -0.807. The first-order valence-corrected chi connectivity index (χ1v) is 8.21. The van der Waals surface area contributed by atoms with E-state index in [1.807, 2.05) is 20.8 Å². The second-order valence-electron chi connectivity index (χ2n) is 6.09. The van der Waals surface area contributed by atoms with E-state index in [0.717, 1.165) is 6.07 Å². The predicted octanol–water partition coefficient (Wildman–Crippen LogP) is 1.04. The van der Waals surface area contributed by atoms with Gasteiger partial charge in [-0.25, -0.2) is 0 Å². The Balaban J connectivity index is 2.52. The number of hydrogen-bond acceptors (Lipinski definition) is 7. The third kappa shape index (κ3) is 6.92. The predicted molar refractivity (Wildman–Crippen MR) is 95.4 cm³/mol. The van der Waals surface area contributed by atoms with Gasteiger partial charge in [-0.15, -0.1) is 0 Å².